The van der Waals surface area contributed by atoms with Crippen LogP contribution in [0.25, 0.3) is 10.9 Å². The molecule has 0 saturated heterocycles. The van der Waals surface area contributed by atoms with Gasteiger partial charge in [0.2, 0.25) is 0 Å². The Labute approximate surface area is 157 Å². The molecule has 3 rings (SSSR count). The van der Waals surface area contributed by atoms with Crippen LogP contribution in [0.5, 0.6) is 11.5 Å². The summed E-state index contributed by atoms with van der Waals surface area (Å²) < 4.78 is 11.0. The minimum absolute atomic E-state index is 0.268. The fourth-order valence-corrected chi connectivity index (χ4v) is 2.66. The summed E-state index contributed by atoms with van der Waals surface area (Å²) >= 11 is 0. The number of benzene rings is 2. The van der Waals surface area contributed by atoms with Crippen molar-refractivity contribution in [2.24, 2.45) is 0 Å². The monoisotopic (exact) mass is 366 g/mol. The van der Waals surface area contributed by atoms with Crippen LogP contribution in [-0.2, 0) is 4.74 Å². The largest absolute Gasteiger partial charge is 0.462 e. The van der Waals surface area contributed by atoms with Crippen molar-refractivity contribution in [3.05, 3.63) is 60.3 Å². The average Bonchev–Trinajstić information content (AvgIpc) is 2.66. The number of carbonyl (C=O) groups excluding carboxylic acids is 1. The lowest BCUT2D eigenvalue weighted by Crippen LogP contribution is -2.18. The van der Waals surface area contributed by atoms with Gasteiger partial charge in [-0.25, -0.2) is 4.79 Å². The number of nitrogens with one attached hydrogen (secondary N) is 1. The van der Waals surface area contributed by atoms with Gasteiger partial charge in [-0.3, -0.25) is 4.98 Å². The van der Waals surface area contributed by atoms with Crippen molar-refractivity contribution >= 4 is 22.6 Å². The smallest absolute Gasteiger partial charge is 0.341 e. The summed E-state index contributed by atoms with van der Waals surface area (Å²) in [5.41, 5.74) is 1.59. The zero-order valence-corrected chi connectivity index (χ0v) is 15.3. The van der Waals surface area contributed by atoms with E-state index in [9.17, 15) is 9.90 Å². The lowest BCUT2D eigenvalue weighted by molar-refractivity contribution is 0.0527. The summed E-state index contributed by atoms with van der Waals surface area (Å²) in [6.45, 7) is 3.98. The number of nitrogens with zero attached hydrogens (tertiary/aromatic N) is 1. The molecule has 27 heavy (non-hydrogen) atoms. The van der Waals surface area contributed by atoms with Crippen LogP contribution in [0.1, 0.15) is 24.2 Å². The molecule has 0 fully saturated rings. The van der Waals surface area contributed by atoms with Gasteiger partial charge < -0.3 is 19.9 Å². The number of pyridine rings is 1. The van der Waals surface area contributed by atoms with E-state index in [1.54, 1.807) is 13.8 Å². The van der Waals surface area contributed by atoms with Gasteiger partial charge in [-0.05, 0) is 44.2 Å². The van der Waals surface area contributed by atoms with Gasteiger partial charge >= 0.3 is 5.97 Å². The van der Waals surface area contributed by atoms with Crippen molar-refractivity contribution in [2.45, 2.75) is 20.0 Å². The second kappa shape index (κ2) is 8.51. The molecule has 0 radical (unpaired) electrons. The van der Waals surface area contributed by atoms with Crippen molar-refractivity contribution in [1.82, 2.24) is 4.98 Å². The van der Waals surface area contributed by atoms with Crippen molar-refractivity contribution in [3.8, 4) is 11.5 Å². The molecule has 0 aliphatic rings. The van der Waals surface area contributed by atoms with Crippen LogP contribution in [0.3, 0.4) is 0 Å². The van der Waals surface area contributed by atoms with Crippen molar-refractivity contribution in [2.75, 3.05) is 18.5 Å². The lowest BCUT2D eigenvalue weighted by Gasteiger charge is -2.16. The van der Waals surface area contributed by atoms with Crippen molar-refractivity contribution < 1.29 is 19.4 Å². The predicted molar refractivity (Wildman–Crippen MR) is 104 cm³/mol. The highest BCUT2D eigenvalue weighted by atomic mass is 16.5. The SMILES string of the molecule is CCOC(=O)c1cnc2ccc(Oc3ccccc3)cc2c1NC[C@H](C)O. The van der Waals surface area contributed by atoms with Gasteiger partial charge in [-0.15, -0.1) is 0 Å². The maximum atomic E-state index is 12.3. The topological polar surface area (TPSA) is 80.7 Å². The molecule has 0 aliphatic heterocycles. The first-order valence-corrected chi connectivity index (χ1v) is 8.83. The maximum Gasteiger partial charge on any atom is 0.341 e. The number of hydrogen-bond acceptors (Lipinski definition) is 6. The molecule has 2 N–H and O–H groups in total. The predicted octanol–water partition coefficient (Wildman–Crippen LogP) is 4.00. The van der Waals surface area contributed by atoms with Gasteiger partial charge in [0.25, 0.3) is 0 Å². The molecule has 0 aliphatic carbocycles. The van der Waals surface area contributed by atoms with Gasteiger partial charge in [-0.2, -0.15) is 0 Å². The number of aromatic nitrogens is 1. The van der Waals surface area contributed by atoms with Gasteiger partial charge in [-0.1, -0.05) is 18.2 Å². The Kier molecular flexibility index (Phi) is 5.88. The Bertz CT molecular complexity index is 926. The van der Waals surface area contributed by atoms with E-state index in [0.717, 1.165) is 5.39 Å². The number of hydrogen-bond donors (Lipinski definition) is 2. The fourth-order valence-electron chi connectivity index (χ4n) is 2.66. The standard InChI is InChI=1S/C21H22N2O4/c1-3-26-21(25)18-13-22-19-10-9-16(27-15-7-5-4-6-8-15)11-17(19)20(18)23-12-14(2)24/h4-11,13-14,24H,3,12H2,1-2H3,(H,22,23)/t14-/m0/s1. The molecule has 6 nitrogen and oxygen atoms in total. The normalized spacial score (nSPS) is 11.8. The van der Waals surface area contributed by atoms with Crippen LogP contribution in [0.2, 0.25) is 0 Å². The summed E-state index contributed by atoms with van der Waals surface area (Å²) in [5.74, 6) is 0.871. The van der Waals surface area contributed by atoms with Crippen LogP contribution < -0.4 is 10.1 Å². The molecule has 140 valence electrons. The minimum atomic E-state index is -0.577. The zero-order chi connectivity index (χ0) is 19.2. The van der Waals surface area contributed by atoms with E-state index >= 15 is 0 Å². The molecule has 1 aromatic heterocycles. The third-order valence-corrected chi connectivity index (χ3v) is 3.89. The number of fused-ring (bicyclic) bond motifs is 1. The number of aliphatic hydroxyl groups is 1. The van der Waals surface area contributed by atoms with Gasteiger partial charge in [0.1, 0.15) is 17.1 Å². The first-order valence-electron chi connectivity index (χ1n) is 8.83. The van der Waals surface area contributed by atoms with Gasteiger partial charge in [0.15, 0.2) is 0 Å². The minimum Gasteiger partial charge on any atom is -0.462 e. The van der Waals surface area contributed by atoms with E-state index in [-0.39, 0.29) is 13.2 Å². The zero-order valence-electron chi connectivity index (χ0n) is 15.3. The molecule has 2 aromatic carbocycles. The molecule has 3 aromatic rings. The molecule has 6 heteroatoms. The van der Waals surface area contributed by atoms with E-state index in [1.807, 2.05) is 48.5 Å². The summed E-state index contributed by atoms with van der Waals surface area (Å²) in [6.07, 6.45) is 0.912. The second-order valence-electron chi connectivity index (χ2n) is 6.09. The Hall–Kier alpha value is -3.12. The number of ether oxygens (including phenoxy) is 2. The molecule has 1 atom stereocenters. The molecular weight excluding hydrogens is 344 g/mol. The number of anilines is 1. The van der Waals surface area contributed by atoms with Gasteiger partial charge in [0, 0.05) is 18.1 Å². The number of rotatable bonds is 7. The van der Waals surface area contributed by atoms with E-state index in [0.29, 0.717) is 28.3 Å². The first-order chi connectivity index (χ1) is 13.1. The molecular formula is C21H22N2O4. The van der Waals surface area contributed by atoms with Crippen molar-refractivity contribution in [1.29, 1.82) is 0 Å². The highest BCUT2D eigenvalue weighted by molar-refractivity contribution is 6.05. The third-order valence-electron chi connectivity index (χ3n) is 3.89. The number of aliphatic hydroxyl groups excluding tert-OH is 1. The quantitative estimate of drug-likeness (QED) is 0.615. The molecule has 0 amide bonds. The van der Waals surface area contributed by atoms with E-state index in [2.05, 4.69) is 10.3 Å². The number of carbonyl (C=O) groups is 1. The lowest BCUT2D eigenvalue weighted by atomic mass is 10.1. The van der Waals surface area contributed by atoms with E-state index in [1.165, 1.54) is 6.20 Å². The maximum absolute atomic E-state index is 12.3. The first kappa shape index (κ1) is 18.7. The summed E-state index contributed by atoms with van der Waals surface area (Å²) in [7, 11) is 0. The van der Waals surface area contributed by atoms with Crippen LogP contribution in [0.4, 0.5) is 5.69 Å². The molecule has 0 saturated carbocycles. The van der Waals surface area contributed by atoms with E-state index < -0.39 is 12.1 Å². The molecule has 0 unspecified atom stereocenters. The summed E-state index contributed by atoms with van der Waals surface area (Å²) in [5, 5.41) is 13.5. The fraction of sp³-hybridized carbons (Fsp3) is 0.238. The number of esters is 1. The molecule has 0 spiro atoms. The third kappa shape index (κ3) is 4.54. The van der Waals surface area contributed by atoms with Crippen molar-refractivity contribution in [3.63, 3.8) is 0 Å². The highest BCUT2D eigenvalue weighted by Crippen LogP contribution is 2.31. The Morgan fingerprint density at radius 3 is 2.67 bits per heavy atom. The van der Waals surface area contributed by atoms with E-state index in [4.69, 9.17) is 9.47 Å². The second-order valence-corrected chi connectivity index (χ2v) is 6.09. The number of para-hydroxylation sites is 1. The van der Waals surface area contributed by atoms with Gasteiger partial charge in [0.05, 0.1) is 23.9 Å². The Balaban J connectivity index is 2.05. The van der Waals surface area contributed by atoms with Crippen LogP contribution in [-0.4, -0.2) is 35.3 Å². The van der Waals surface area contributed by atoms with Crippen LogP contribution in [0.15, 0.2) is 54.7 Å². The van der Waals surface area contributed by atoms with Crippen LogP contribution >= 0.6 is 0 Å². The Morgan fingerprint density at radius 1 is 1.19 bits per heavy atom. The molecule has 1 heterocycles. The molecule has 0 bridgehead atoms. The van der Waals surface area contributed by atoms with Crippen LogP contribution in [0, 0.1) is 0 Å². The Morgan fingerprint density at radius 2 is 1.96 bits per heavy atom. The average molecular weight is 366 g/mol. The summed E-state index contributed by atoms with van der Waals surface area (Å²) in [6, 6.07) is 14.9. The highest BCUT2D eigenvalue weighted by Gasteiger charge is 2.17. The summed E-state index contributed by atoms with van der Waals surface area (Å²) in [4.78, 5) is 16.7.